The summed E-state index contributed by atoms with van der Waals surface area (Å²) in [5.74, 6) is -2.99. The standard InChI is InChI=1S/C27H21BrClFN2O3/c1-15-24(19-13-18(28)10-11-22(19)32-26(15)16-6-3-2-4-7-16)27(35)31-14-17(12-23(33)34)25-20(29)8-5-9-21(25)30/h2-11,13,17H,12,14H2,1H3,(H,31,35)(H,33,34)/t17-/m0/s1. The van der Waals surface area contributed by atoms with Crippen molar-refractivity contribution in [2.24, 2.45) is 0 Å². The zero-order chi connectivity index (χ0) is 25.1. The van der Waals surface area contributed by atoms with Crippen molar-refractivity contribution in [3.05, 3.63) is 98.7 Å². The first kappa shape index (κ1) is 24.8. The Balaban J connectivity index is 1.75. The number of pyridine rings is 1. The van der Waals surface area contributed by atoms with E-state index in [1.807, 2.05) is 55.5 Å². The van der Waals surface area contributed by atoms with Crippen LogP contribution in [-0.2, 0) is 4.79 Å². The van der Waals surface area contributed by atoms with E-state index in [1.165, 1.54) is 18.2 Å². The van der Waals surface area contributed by atoms with Crippen molar-refractivity contribution >= 4 is 50.3 Å². The number of benzene rings is 3. The Morgan fingerprint density at radius 1 is 1.11 bits per heavy atom. The SMILES string of the molecule is Cc1c(-c2ccccc2)nc2ccc(Br)cc2c1C(=O)NC[C@H](CC(=O)O)c1c(F)cccc1Cl. The monoisotopic (exact) mass is 554 g/mol. The summed E-state index contributed by atoms with van der Waals surface area (Å²) in [4.78, 5) is 29.8. The fourth-order valence-electron chi connectivity index (χ4n) is 4.19. The van der Waals surface area contributed by atoms with E-state index in [9.17, 15) is 19.1 Å². The molecule has 1 aromatic heterocycles. The second-order valence-corrected chi connectivity index (χ2v) is 9.45. The molecule has 0 radical (unpaired) electrons. The molecule has 2 N–H and O–H groups in total. The third kappa shape index (κ3) is 5.36. The number of nitrogens with zero attached hydrogens (tertiary/aromatic N) is 1. The molecular formula is C27H21BrClFN2O3. The molecule has 4 rings (SSSR count). The average molecular weight is 556 g/mol. The lowest BCUT2D eigenvalue weighted by atomic mass is 9.94. The van der Waals surface area contributed by atoms with E-state index in [0.29, 0.717) is 27.7 Å². The van der Waals surface area contributed by atoms with Crippen LogP contribution in [0.4, 0.5) is 4.39 Å². The lowest BCUT2D eigenvalue weighted by molar-refractivity contribution is -0.137. The van der Waals surface area contributed by atoms with Gasteiger partial charge in [-0.3, -0.25) is 9.59 Å². The largest absolute Gasteiger partial charge is 0.481 e. The van der Waals surface area contributed by atoms with Crippen LogP contribution >= 0.6 is 27.5 Å². The number of carbonyl (C=O) groups excluding carboxylic acids is 1. The number of hydrogen-bond acceptors (Lipinski definition) is 3. The number of carbonyl (C=O) groups is 2. The predicted molar refractivity (Wildman–Crippen MR) is 138 cm³/mol. The smallest absolute Gasteiger partial charge is 0.304 e. The minimum absolute atomic E-state index is 0.0703. The van der Waals surface area contributed by atoms with Crippen LogP contribution in [0.25, 0.3) is 22.2 Å². The van der Waals surface area contributed by atoms with Crippen molar-refractivity contribution in [3.8, 4) is 11.3 Å². The van der Waals surface area contributed by atoms with Gasteiger partial charge < -0.3 is 10.4 Å². The van der Waals surface area contributed by atoms with Crippen molar-refractivity contribution in [2.45, 2.75) is 19.3 Å². The van der Waals surface area contributed by atoms with E-state index in [-0.39, 0.29) is 17.1 Å². The average Bonchev–Trinajstić information content (AvgIpc) is 2.82. The number of fused-ring (bicyclic) bond motifs is 1. The Kier molecular flexibility index (Phi) is 7.48. The highest BCUT2D eigenvalue weighted by Crippen LogP contribution is 2.32. The Labute approximate surface area is 215 Å². The molecule has 1 heterocycles. The van der Waals surface area contributed by atoms with E-state index in [0.717, 1.165) is 10.0 Å². The summed E-state index contributed by atoms with van der Waals surface area (Å²) in [5, 5.41) is 13.0. The van der Waals surface area contributed by atoms with E-state index in [4.69, 9.17) is 16.6 Å². The van der Waals surface area contributed by atoms with Crippen LogP contribution in [0.2, 0.25) is 5.02 Å². The normalized spacial score (nSPS) is 11.9. The highest BCUT2D eigenvalue weighted by molar-refractivity contribution is 9.10. The van der Waals surface area contributed by atoms with Crippen LogP contribution in [-0.4, -0.2) is 28.5 Å². The van der Waals surface area contributed by atoms with Gasteiger partial charge in [-0.15, -0.1) is 0 Å². The number of aromatic nitrogens is 1. The highest BCUT2D eigenvalue weighted by Gasteiger charge is 2.25. The fourth-order valence-corrected chi connectivity index (χ4v) is 4.87. The quantitative estimate of drug-likeness (QED) is 0.264. The van der Waals surface area contributed by atoms with Gasteiger partial charge in [0.25, 0.3) is 5.91 Å². The number of hydrogen-bond donors (Lipinski definition) is 2. The Morgan fingerprint density at radius 3 is 2.54 bits per heavy atom. The Bertz CT molecular complexity index is 1410. The number of amides is 1. The van der Waals surface area contributed by atoms with Crippen molar-refractivity contribution in [3.63, 3.8) is 0 Å². The number of aliphatic carboxylic acids is 1. The molecule has 5 nitrogen and oxygen atoms in total. The second-order valence-electron chi connectivity index (χ2n) is 8.13. The van der Waals surface area contributed by atoms with Crippen LogP contribution in [0.3, 0.4) is 0 Å². The molecular weight excluding hydrogens is 535 g/mol. The molecule has 1 atom stereocenters. The molecule has 0 aliphatic heterocycles. The van der Waals surface area contributed by atoms with Gasteiger partial charge in [0.1, 0.15) is 5.82 Å². The minimum atomic E-state index is -1.12. The molecule has 0 spiro atoms. The van der Waals surface area contributed by atoms with E-state index >= 15 is 0 Å². The summed E-state index contributed by atoms with van der Waals surface area (Å²) in [6, 6.07) is 19.2. The molecule has 35 heavy (non-hydrogen) atoms. The highest BCUT2D eigenvalue weighted by atomic mass is 79.9. The Morgan fingerprint density at radius 2 is 1.86 bits per heavy atom. The molecule has 3 aromatic carbocycles. The zero-order valence-electron chi connectivity index (χ0n) is 18.7. The maximum Gasteiger partial charge on any atom is 0.304 e. The third-order valence-electron chi connectivity index (χ3n) is 5.80. The molecule has 0 bridgehead atoms. The van der Waals surface area contributed by atoms with Gasteiger partial charge in [0.2, 0.25) is 0 Å². The van der Waals surface area contributed by atoms with Crippen LogP contribution < -0.4 is 5.32 Å². The number of carboxylic acids is 1. The van der Waals surface area contributed by atoms with Crippen molar-refractivity contribution < 1.29 is 19.1 Å². The lowest BCUT2D eigenvalue weighted by Crippen LogP contribution is -2.31. The van der Waals surface area contributed by atoms with Gasteiger partial charge >= 0.3 is 5.97 Å². The topological polar surface area (TPSA) is 79.3 Å². The number of halogens is 3. The van der Waals surface area contributed by atoms with Gasteiger partial charge in [0, 0.05) is 38.5 Å². The number of nitrogens with one attached hydrogen (secondary N) is 1. The van der Waals surface area contributed by atoms with Gasteiger partial charge in [0.15, 0.2) is 0 Å². The molecule has 0 aliphatic carbocycles. The lowest BCUT2D eigenvalue weighted by Gasteiger charge is -2.20. The summed E-state index contributed by atoms with van der Waals surface area (Å²) < 4.78 is 15.3. The van der Waals surface area contributed by atoms with Gasteiger partial charge in [-0.1, -0.05) is 63.9 Å². The molecule has 0 fully saturated rings. The molecule has 0 saturated heterocycles. The van der Waals surface area contributed by atoms with E-state index in [1.54, 1.807) is 0 Å². The molecule has 0 saturated carbocycles. The second kappa shape index (κ2) is 10.5. The predicted octanol–water partition coefficient (Wildman–Crippen LogP) is 6.75. The van der Waals surface area contributed by atoms with Gasteiger partial charge in [-0.05, 0) is 42.8 Å². The van der Waals surface area contributed by atoms with Crippen molar-refractivity contribution in [1.82, 2.24) is 10.3 Å². The first-order chi connectivity index (χ1) is 16.8. The number of carboxylic acid groups (broad SMARTS) is 1. The molecule has 8 heteroatoms. The minimum Gasteiger partial charge on any atom is -0.481 e. The molecule has 4 aromatic rings. The summed E-state index contributed by atoms with van der Waals surface area (Å²) in [6.07, 6.45) is -0.391. The zero-order valence-corrected chi connectivity index (χ0v) is 21.0. The molecule has 178 valence electrons. The van der Waals surface area contributed by atoms with Crippen molar-refractivity contribution in [1.29, 1.82) is 0 Å². The first-order valence-electron chi connectivity index (χ1n) is 10.9. The first-order valence-corrected chi connectivity index (χ1v) is 12.0. The maximum absolute atomic E-state index is 14.6. The van der Waals surface area contributed by atoms with Crippen LogP contribution in [0.15, 0.2) is 71.2 Å². The van der Waals surface area contributed by atoms with Gasteiger partial charge in [-0.25, -0.2) is 9.37 Å². The van der Waals surface area contributed by atoms with Crippen LogP contribution in [0, 0.1) is 12.7 Å². The number of rotatable bonds is 7. The van der Waals surface area contributed by atoms with E-state index < -0.39 is 30.0 Å². The summed E-state index contributed by atoms with van der Waals surface area (Å²) in [5.41, 5.74) is 3.35. The van der Waals surface area contributed by atoms with Gasteiger partial charge in [0.05, 0.1) is 23.2 Å². The summed E-state index contributed by atoms with van der Waals surface area (Å²) >= 11 is 9.65. The summed E-state index contributed by atoms with van der Waals surface area (Å²) in [7, 11) is 0. The van der Waals surface area contributed by atoms with Gasteiger partial charge in [-0.2, -0.15) is 0 Å². The molecule has 0 unspecified atom stereocenters. The van der Waals surface area contributed by atoms with Crippen LogP contribution in [0.1, 0.15) is 33.8 Å². The van der Waals surface area contributed by atoms with Crippen molar-refractivity contribution in [2.75, 3.05) is 6.54 Å². The third-order valence-corrected chi connectivity index (χ3v) is 6.63. The molecule has 1 amide bonds. The fraction of sp³-hybridized carbons (Fsp3) is 0.148. The van der Waals surface area contributed by atoms with E-state index in [2.05, 4.69) is 21.2 Å². The molecule has 0 aliphatic rings. The summed E-state index contributed by atoms with van der Waals surface area (Å²) in [6.45, 7) is 1.72. The van der Waals surface area contributed by atoms with Crippen LogP contribution in [0.5, 0.6) is 0 Å². The maximum atomic E-state index is 14.6. The Hall–Kier alpha value is -3.29.